The molecule has 2 aromatic carbocycles. The van der Waals surface area contributed by atoms with Crippen molar-refractivity contribution in [3.63, 3.8) is 0 Å². The maximum atomic E-state index is 13.8. The van der Waals surface area contributed by atoms with Crippen molar-refractivity contribution in [2.75, 3.05) is 32.7 Å². The lowest BCUT2D eigenvalue weighted by Gasteiger charge is -2.41. The number of piperidine rings is 1. The number of aliphatic imine (C=N–C) groups is 1. The van der Waals surface area contributed by atoms with E-state index in [1.165, 1.54) is 0 Å². The number of likely N-dealkylation sites (tertiary alicyclic amines) is 1. The van der Waals surface area contributed by atoms with E-state index in [4.69, 9.17) is 4.99 Å². The third kappa shape index (κ3) is 4.02. The van der Waals surface area contributed by atoms with E-state index in [0.717, 1.165) is 85.2 Å². The second kappa shape index (κ2) is 8.77. The van der Waals surface area contributed by atoms with Crippen LogP contribution in [0.5, 0.6) is 0 Å². The van der Waals surface area contributed by atoms with Crippen molar-refractivity contribution in [3.05, 3.63) is 66.5 Å². The summed E-state index contributed by atoms with van der Waals surface area (Å²) in [4.78, 5) is 39.4. The molecule has 3 aromatic rings. The molecule has 1 spiro atoms. The highest BCUT2D eigenvalue weighted by Gasteiger charge is 2.50. The Morgan fingerprint density at radius 3 is 2.43 bits per heavy atom. The zero-order valence-corrected chi connectivity index (χ0v) is 20.9. The Hall–Kier alpha value is -3.58. The molecule has 1 saturated carbocycles. The minimum Gasteiger partial charge on any atom is -0.342 e. The average molecular weight is 494 g/mol. The number of hydrogen-bond donors (Lipinski definition) is 1. The molecule has 0 unspecified atom stereocenters. The standard InChI is InChI=1S/C30H31N5O2/c36-28(23-5-6-23)34-17-20(18-34)19-35-27(33-30(29(35)37)10-13-31-14-11-30)22-3-1-21(2-4-22)24-7-8-26-16-32-12-9-25(26)15-24/h1-4,7-9,12,15-16,20,23,31H,5-6,10-11,13-14,17-19H2. The van der Waals surface area contributed by atoms with E-state index in [-0.39, 0.29) is 11.8 Å². The predicted octanol–water partition coefficient (Wildman–Crippen LogP) is 3.48. The minimum atomic E-state index is -0.654. The van der Waals surface area contributed by atoms with Gasteiger partial charge in [0.25, 0.3) is 5.91 Å². The number of amides is 2. The van der Waals surface area contributed by atoms with E-state index < -0.39 is 5.54 Å². The molecule has 4 heterocycles. The summed E-state index contributed by atoms with van der Waals surface area (Å²) in [5.41, 5.74) is 2.60. The van der Waals surface area contributed by atoms with Gasteiger partial charge in [-0.15, -0.1) is 0 Å². The van der Waals surface area contributed by atoms with Crippen molar-refractivity contribution in [2.24, 2.45) is 16.8 Å². The predicted molar refractivity (Wildman–Crippen MR) is 143 cm³/mol. The van der Waals surface area contributed by atoms with Crippen LogP contribution in [0.2, 0.25) is 0 Å². The lowest BCUT2D eigenvalue weighted by Crippen LogP contribution is -2.56. The first kappa shape index (κ1) is 22.6. The van der Waals surface area contributed by atoms with E-state index in [2.05, 4.69) is 52.8 Å². The van der Waals surface area contributed by atoms with Crippen molar-refractivity contribution >= 4 is 28.4 Å². The fourth-order valence-electron chi connectivity index (χ4n) is 6.00. The number of nitrogens with one attached hydrogen (secondary N) is 1. The van der Waals surface area contributed by atoms with Crippen LogP contribution in [0, 0.1) is 11.8 Å². The van der Waals surface area contributed by atoms with Gasteiger partial charge in [0.05, 0.1) is 0 Å². The van der Waals surface area contributed by atoms with Gasteiger partial charge in [-0.25, -0.2) is 0 Å². The summed E-state index contributed by atoms with van der Waals surface area (Å²) < 4.78 is 0. The Bertz CT molecular complexity index is 1400. The monoisotopic (exact) mass is 493 g/mol. The van der Waals surface area contributed by atoms with Gasteiger partial charge in [-0.2, -0.15) is 0 Å². The summed E-state index contributed by atoms with van der Waals surface area (Å²) in [5, 5.41) is 5.66. The summed E-state index contributed by atoms with van der Waals surface area (Å²) in [6, 6.07) is 16.9. The summed E-state index contributed by atoms with van der Waals surface area (Å²) in [7, 11) is 0. The number of pyridine rings is 1. The molecule has 7 nitrogen and oxygen atoms in total. The van der Waals surface area contributed by atoms with E-state index in [0.29, 0.717) is 18.4 Å². The first-order valence-electron chi connectivity index (χ1n) is 13.5. The molecular formula is C30H31N5O2. The zero-order valence-electron chi connectivity index (χ0n) is 20.9. The number of carbonyl (C=O) groups excluding carboxylic acids is 2. The van der Waals surface area contributed by atoms with Crippen LogP contribution in [0.15, 0.2) is 65.9 Å². The molecule has 1 aliphatic carbocycles. The highest BCUT2D eigenvalue weighted by atomic mass is 16.2. The second-order valence-corrected chi connectivity index (χ2v) is 11.0. The van der Waals surface area contributed by atoms with Crippen molar-refractivity contribution in [2.45, 2.75) is 31.2 Å². The third-order valence-corrected chi connectivity index (χ3v) is 8.40. The van der Waals surface area contributed by atoms with E-state index in [9.17, 15) is 9.59 Å². The largest absolute Gasteiger partial charge is 0.342 e. The first-order valence-corrected chi connectivity index (χ1v) is 13.5. The van der Waals surface area contributed by atoms with Crippen LogP contribution >= 0.6 is 0 Å². The maximum absolute atomic E-state index is 13.8. The summed E-state index contributed by atoms with van der Waals surface area (Å²) in [6.07, 6.45) is 7.22. The van der Waals surface area contributed by atoms with Crippen LogP contribution < -0.4 is 5.32 Å². The molecule has 0 radical (unpaired) electrons. The van der Waals surface area contributed by atoms with E-state index in [1.54, 1.807) is 0 Å². The summed E-state index contributed by atoms with van der Waals surface area (Å²) in [6.45, 7) is 3.73. The van der Waals surface area contributed by atoms with Gasteiger partial charge in [-0.3, -0.25) is 24.5 Å². The summed E-state index contributed by atoms with van der Waals surface area (Å²) in [5.74, 6) is 1.77. The molecular weight excluding hydrogens is 462 g/mol. The molecule has 1 aromatic heterocycles. The lowest BCUT2D eigenvalue weighted by atomic mass is 9.88. The number of carbonyl (C=O) groups is 2. The molecule has 4 aliphatic rings. The molecule has 1 N–H and O–H groups in total. The van der Waals surface area contributed by atoms with Crippen LogP contribution in [0.25, 0.3) is 21.9 Å². The molecule has 0 bridgehead atoms. The topological polar surface area (TPSA) is 77.9 Å². The number of fused-ring (bicyclic) bond motifs is 1. The Balaban J connectivity index is 1.14. The Labute approximate surface area is 216 Å². The van der Waals surface area contributed by atoms with Crippen molar-refractivity contribution in [1.82, 2.24) is 20.1 Å². The van der Waals surface area contributed by atoms with Gasteiger partial charge in [0.15, 0.2) is 0 Å². The number of rotatable bonds is 5. The lowest BCUT2D eigenvalue weighted by molar-refractivity contribution is -0.140. The minimum absolute atomic E-state index is 0.128. The second-order valence-electron chi connectivity index (χ2n) is 11.0. The van der Waals surface area contributed by atoms with Gasteiger partial charge in [0.2, 0.25) is 5.91 Å². The Morgan fingerprint density at radius 1 is 0.946 bits per heavy atom. The normalized spacial score (nSPS) is 21.4. The summed E-state index contributed by atoms with van der Waals surface area (Å²) >= 11 is 0. The number of nitrogens with zero attached hydrogens (tertiary/aromatic N) is 4. The molecule has 7 heteroatoms. The van der Waals surface area contributed by atoms with E-state index in [1.807, 2.05) is 28.3 Å². The number of amidine groups is 1. The molecule has 2 saturated heterocycles. The smallest absolute Gasteiger partial charge is 0.256 e. The highest BCUT2D eigenvalue weighted by molar-refractivity contribution is 6.15. The average Bonchev–Trinajstić information content (AvgIpc) is 3.74. The van der Waals surface area contributed by atoms with Crippen LogP contribution in [0.1, 0.15) is 31.2 Å². The molecule has 188 valence electrons. The maximum Gasteiger partial charge on any atom is 0.256 e. The van der Waals surface area contributed by atoms with Crippen molar-refractivity contribution in [1.29, 1.82) is 0 Å². The van der Waals surface area contributed by atoms with Crippen LogP contribution in [-0.2, 0) is 9.59 Å². The molecule has 0 atom stereocenters. The number of aromatic nitrogens is 1. The first-order chi connectivity index (χ1) is 18.1. The van der Waals surface area contributed by atoms with Crippen LogP contribution in [0.4, 0.5) is 0 Å². The van der Waals surface area contributed by atoms with Crippen molar-refractivity contribution in [3.8, 4) is 11.1 Å². The fourth-order valence-corrected chi connectivity index (χ4v) is 6.00. The van der Waals surface area contributed by atoms with Gasteiger partial charge < -0.3 is 10.2 Å². The van der Waals surface area contributed by atoms with Crippen LogP contribution in [0.3, 0.4) is 0 Å². The molecule has 3 fully saturated rings. The number of hydrogen-bond acceptors (Lipinski definition) is 5. The fraction of sp³-hybridized carbons (Fsp3) is 0.400. The van der Waals surface area contributed by atoms with Gasteiger partial charge in [-0.1, -0.05) is 36.4 Å². The van der Waals surface area contributed by atoms with E-state index >= 15 is 0 Å². The molecule has 3 aliphatic heterocycles. The van der Waals surface area contributed by atoms with Gasteiger partial charge in [-0.05, 0) is 67.4 Å². The molecule has 37 heavy (non-hydrogen) atoms. The van der Waals surface area contributed by atoms with Gasteiger partial charge >= 0.3 is 0 Å². The van der Waals surface area contributed by atoms with Crippen molar-refractivity contribution < 1.29 is 9.59 Å². The van der Waals surface area contributed by atoms with Gasteiger partial charge in [0, 0.05) is 54.8 Å². The Morgan fingerprint density at radius 2 is 1.68 bits per heavy atom. The Kier molecular flexibility index (Phi) is 5.36. The SMILES string of the molecule is O=C(C1CC1)N1CC(CN2C(=O)C3(CCNCC3)N=C2c2ccc(-c3ccc4cnccc4c3)cc2)C1. The molecule has 7 rings (SSSR count). The zero-order chi connectivity index (χ0) is 25.0. The highest BCUT2D eigenvalue weighted by Crippen LogP contribution is 2.37. The van der Waals surface area contributed by atoms with Gasteiger partial charge in [0.1, 0.15) is 11.4 Å². The third-order valence-electron chi connectivity index (χ3n) is 8.40. The molecule has 2 amide bonds. The number of benzene rings is 2. The van der Waals surface area contributed by atoms with Crippen LogP contribution in [-0.4, -0.2) is 70.7 Å². The quantitative estimate of drug-likeness (QED) is 0.590.